The second-order valence-corrected chi connectivity index (χ2v) is 4.68. The summed E-state index contributed by atoms with van der Waals surface area (Å²) in [5.74, 6) is -0.990. The average Bonchev–Trinajstić information content (AvgIpc) is 2.44. The van der Waals surface area contributed by atoms with E-state index in [0.29, 0.717) is 0 Å². The van der Waals surface area contributed by atoms with Crippen molar-refractivity contribution in [1.82, 2.24) is 9.97 Å². The molecule has 0 radical (unpaired) electrons. The molecule has 0 aliphatic heterocycles. The lowest BCUT2D eigenvalue weighted by Crippen LogP contribution is -1.98. The van der Waals surface area contributed by atoms with Gasteiger partial charge in [0.2, 0.25) is 0 Å². The number of carbonyl (C=O) groups is 1. The van der Waals surface area contributed by atoms with Gasteiger partial charge < -0.3 is 5.11 Å². The Bertz CT molecular complexity index is 582. The lowest BCUT2D eigenvalue weighted by atomic mass is 10.0. The fourth-order valence-electron chi connectivity index (χ4n) is 1.73. The SMILES string of the molecule is C.C.Cc1nc(C)c(C)c(C)c1C.O=C(O)c1ccccn1. The molecular formula is C18H28N2O2. The van der Waals surface area contributed by atoms with Gasteiger partial charge in [-0.3, -0.25) is 4.98 Å². The van der Waals surface area contributed by atoms with Gasteiger partial charge in [-0.25, -0.2) is 9.78 Å². The monoisotopic (exact) mass is 304 g/mol. The summed E-state index contributed by atoms with van der Waals surface area (Å²) in [6.45, 7) is 10.5. The van der Waals surface area contributed by atoms with Crippen LogP contribution in [0.4, 0.5) is 0 Å². The van der Waals surface area contributed by atoms with Gasteiger partial charge >= 0.3 is 5.97 Å². The smallest absolute Gasteiger partial charge is 0.354 e. The third kappa shape index (κ3) is 5.64. The van der Waals surface area contributed by atoms with E-state index in [0.717, 1.165) is 11.4 Å². The zero-order chi connectivity index (χ0) is 15.3. The van der Waals surface area contributed by atoms with E-state index >= 15 is 0 Å². The van der Waals surface area contributed by atoms with Gasteiger partial charge in [-0.05, 0) is 63.4 Å². The molecule has 0 saturated heterocycles. The molecule has 2 heterocycles. The number of pyridine rings is 2. The zero-order valence-electron chi connectivity index (χ0n) is 12.6. The van der Waals surface area contributed by atoms with Crippen LogP contribution < -0.4 is 0 Å². The van der Waals surface area contributed by atoms with Crippen LogP contribution >= 0.6 is 0 Å². The molecule has 1 N–H and O–H groups in total. The summed E-state index contributed by atoms with van der Waals surface area (Å²) >= 11 is 0. The summed E-state index contributed by atoms with van der Waals surface area (Å²) in [7, 11) is 0. The second-order valence-electron chi connectivity index (χ2n) is 4.68. The van der Waals surface area contributed by atoms with Crippen molar-refractivity contribution in [3.05, 3.63) is 58.2 Å². The van der Waals surface area contributed by atoms with Crippen molar-refractivity contribution in [2.45, 2.75) is 49.5 Å². The van der Waals surface area contributed by atoms with Gasteiger partial charge in [0.15, 0.2) is 0 Å². The zero-order valence-corrected chi connectivity index (χ0v) is 12.6. The number of carboxylic acids is 1. The Hall–Kier alpha value is -2.23. The molecule has 0 aromatic carbocycles. The van der Waals surface area contributed by atoms with Gasteiger partial charge in [0.05, 0.1) is 0 Å². The van der Waals surface area contributed by atoms with Crippen LogP contribution in [0.3, 0.4) is 0 Å². The molecule has 0 saturated carbocycles. The largest absolute Gasteiger partial charge is 0.477 e. The highest BCUT2D eigenvalue weighted by molar-refractivity contribution is 5.85. The standard InChI is InChI=1S/C10H15N.C6H5NO2.2CH4/c1-6-7(2)9(4)11-10(5)8(6)3;8-6(9)5-3-1-2-4-7-5;;/h1-5H3;1-4H,(H,8,9);2*1H4. The number of aromatic carboxylic acids is 1. The third-order valence-electron chi connectivity index (χ3n) is 3.43. The van der Waals surface area contributed by atoms with Crippen LogP contribution in [0.1, 0.15) is 53.4 Å². The normalized spacial score (nSPS) is 8.77. The van der Waals surface area contributed by atoms with Crippen LogP contribution in [0.5, 0.6) is 0 Å². The summed E-state index contributed by atoms with van der Waals surface area (Å²) in [6, 6.07) is 4.76. The molecule has 0 atom stereocenters. The van der Waals surface area contributed by atoms with Crippen LogP contribution in [-0.2, 0) is 0 Å². The number of aromatic nitrogens is 2. The molecule has 0 bridgehead atoms. The van der Waals surface area contributed by atoms with Crippen molar-refractivity contribution >= 4 is 5.97 Å². The van der Waals surface area contributed by atoms with Crippen LogP contribution in [0.25, 0.3) is 0 Å². The maximum atomic E-state index is 10.1. The highest BCUT2D eigenvalue weighted by Crippen LogP contribution is 2.16. The summed E-state index contributed by atoms with van der Waals surface area (Å²) < 4.78 is 0. The van der Waals surface area contributed by atoms with E-state index < -0.39 is 5.97 Å². The first-order chi connectivity index (χ1) is 9.34. The summed E-state index contributed by atoms with van der Waals surface area (Å²) in [6.07, 6.45) is 1.45. The molecule has 2 aromatic heterocycles. The first-order valence-electron chi connectivity index (χ1n) is 6.40. The van der Waals surface area contributed by atoms with Gasteiger partial charge in [-0.2, -0.15) is 0 Å². The van der Waals surface area contributed by atoms with Crippen molar-refractivity contribution in [3.8, 4) is 0 Å². The quantitative estimate of drug-likeness (QED) is 0.831. The Morgan fingerprint density at radius 3 is 1.73 bits per heavy atom. The summed E-state index contributed by atoms with van der Waals surface area (Å²) in [5, 5.41) is 8.32. The highest BCUT2D eigenvalue weighted by atomic mass is 16.4. The first-order valence-corrected chi connectivity index (χ1v) is 6.40. The predicted octanol–water partition coefficient (Wildman–Crippen LogP) is 4.68. The molecule has 0 amide bonds. The number of nitrogens with zero attached hydrogens (tertiary/aromatic N) is 2. The average molecular weight is 304 g/mol. The van der Waals surface area contributed by atoms with Gasteiger partial charge in [0.1, 0.15) is 5.69 Å². The molecule has 0 aliphatic rings. The van der Waals surface area contributed by atoms with E-state index in [9.17, 15) is 4.79 Å². The minimum Gasteiger partial charge on any atom is -0.477 e. The Kier molecular flexibility index (Phi) is 9.69. The summed E-state index contributed by atoms with van der Waals surface area (Å²) in [5.41, 5.74) is 6.44. The van der Waals surface area contributed by atoms with Crippen molar-refractivity contribution in [2.75, 3.05) is 0 Å². The molecule has 4 heteroatoms. The molecule has 22 heavy (non-hydrogen) atoms. The van der Waals surface area contributed by atoms with E-state index in [1.165, 1.54) is 29.0 Å². The first kappa shape index (κ1) is 22.1. The number of hydrogen-bond acceptors (Lipinski definition) is 3. The van der Waals surface area contributed by atoms with Crippen LogP contribution in [0.15, 0.2) is 24.4 Å². The lowest BCUT2D eigenvalue weighted by Gasteiger charge is -2.09. The topological polar surface area (TPSA) is 63.1 Å². The van der Waals surface area contributed by atoms with Gasteiger partial charge in [-0.1, -0.05) is 20.9 Å². The molecule has 0 unspecified atom stereocenters. The maximum absolute atomic E-state index is 10.1. The van der Waals surface area contributed by atoms with E-state index in [1.54, 1.807) is 12.1 Å². The van der Waals surface area contributed by atoms with Crippen LogP contribution in [0, 0.1) is 34.6 Å². The maximum Gasteiger partial charge on any atom is 0.354 e. The number of hydrogen-bond donors (Lipinski definition) is 1. The second kappa shape index (κ2) is 9.66. The molecule has 0 fully saturated rings. The van der Waals surface area contributed by atoms with Crippen molar-refractivity contribution in [3.63, 3.8) is 0 Å². The molecule has 122 valence electrons. The number of aryl methyl sites for hydroxylation is 2. The fourth-order valence-corrected chi connectivity index (χ4v) is 1.73. The molecule has 2 rings (SSSR count). The van der Waals surface area contributed by atoms with E-state index in [4.69, 9.17) is 5.11 Å². The number of rotatable bonds is 1. The third-order valence-corrected chi connectivity index (χ3v) is 3.43. The Labute approximate surface area is 134 Å². The van der Waals surface area contributed by atoms with E-state index in [2.05, 4.69) is 44.6 Å². The molecular weight excluding hydrogens is 276 g/mol. The minimum atomic E-state index is -0.990. The molecule has 4 nitrogen and oxygen atoms in total. The van der Waals surface area contributed by atoms with Crippen molar-refractivity contribution in [2.24, 2.45) is 0 Å². The highest BCUT2D eigenvalue weighted by Gasteiger charge is 2.04. The van der Waals surface area contributed by atoms with E-state index in [-0.39, 0.29) is 20.5 Å². The van der Waals surface area contributed by atoms with Gasteiger partial charge in [0, 0.05) is 17.6 Å². The minimum absolute atomic E-state index is 0. The van der Waals surface area contributed by atoms with Crippen LogP contribution in [-0.4, -0.2) is 21.0 Å². The van der Waals surface area contributed by atoms with Gasteiger partial charge in [0.25, 0.3) is 0 Å². The Balaban J connectivity index is 0. The Morgan fingerprint density at radius 2 is 1.41 bits per heavy atom. The van der Waals surface area contributed by atoms with Crippen LogP contribution in [0.2, 0.25) is 0 Å². The van der Waals surface area contributed by atoms with E-state index in [1.807, 2.05) is 0 Å². The lowest BCUT2D eigenvalue weighted by molar-refractivity contribution is 0.0690. The fraction of sp³-hybridized carbons (Fsp3) is 0.389. The van der Waals surface area contributed by atoms with Crippen molar-refractivity contribution < 1.29 is 9.90 Å². The summed E-state index contributed by atoms with van der Waals surface area (Å²) in [4.78, 5) is 18.2. The predicted molar refractivity (Wildman–Crippen MR) is 92.6 cm³/mol. The molecule has 0 spiro atoms. The number of carboxylic acid groups (broad SMARTS) is 1. The molecule has 0 aliphatic carbocycles. The van der Waals surface area contributed by atoms with Gasteiger partial charge in [-0.15, -0.1) is 0 Å². The Morgan fingerprint density at radius 1 is 0.909 bits per heavy atom. The molecule has 2 aromatic rings. The van der Waals surface area contributed by atoms with Crippen molar-refractivity contribution in [1.29, 1.82) is 0 Å².